The van der Waals surface area contributed by atoms with Crippen LogP contribution in [0.3, 0.4) is 0 Å². The molecule has 0 spiro atoms. The molecule has 1 N–H and O–H groups in total. The molecule has 128 valence electrons. The fourth-order valence-corrected chi connectivity index (χ4v) is 2.91. The van der Waals surface area contributed by atoms with E-state index in [2.05, 4.69) is 0 Å². The molecule has 23 heavy (non-hydrogen) atoms. The standard InChI is InChI=1S/C16H25N3O4/c1-4-23-16(22)18-7-5-12(6-8-18)19-11-15(21)14(20)9-13(19)10-17(2)3/h9,11-12,21H,4-8,10H2,1-3H3. The molecule has 0 aromatic carbocycles. The van der Waals surface area contributed by atoms with E-state index in [9.17, 15) is 14.7 Å². The van der Waals surface area contributed by atoms with Crippen LogP contribution in [-0.4, -0.2) is 59.4 Å². The summed E-state index contributed by atoms with van der Waals surface area (Å²) < 4.78 is 7.00. The van der Waals surface area contributed by atoms with Gasteiger partial charge in [0.25, 0.3) is 0 Å². The third-order valence-corrected chi connectivity index (χ3v) is 4.01. The second-order valence-corrected chi connectivity index (χ2v) is 6.08. The summed E-state index contributed by atoms with van der Waals surface area (Å²) in [5.74, 6) is -0.236. The van der Waals surface area contributed by atoms with Gasteiger partial charge < -0.3 is 24.2 Å². The number of likely N-dealkylation sites (tertiary alicyclic amines) is 1. The lowest BCUT2D eigenvalue weighted by molar-refractivity contribution is 0.0921. The average molecular weight is 323 g/mol. The van der Waals surface area contributed by atoms with Crippen molar-refractivity contribution in [2.75, 3.05) is 33.8 Å². The van der Waals surface area contributed by atoms with Gasteiger partial charge in [0.15, 0.2) is 5.75 Å². The van der Waals surface area contributed by atoms with Gasteiger partial charge in [-0.15, -0.1) is 0 Å². The van der Waals surface area contributed by atoms with Crippen LogP contribution in [0.4, 0.5) is 4.79 Å². The smallest absolute Gasteiger partial charge is 0.409 e. The van der Waals surface area contributed by atoms with Crippen LogP contribution in [0.1, 0.15) is 31.5 Å². The Labute approximate surface area is 136 Å². The second-order valence-electron chi connectivity index (χ2n) is 6.08. The molecule has 0 radical (unpaired) electrons. The minimum Gasteiger partial charge on any atom is -0.503 e. The summed E-state index contributed by atoms with van der Waals surface area (Å²) in [6.07, 6.45) is 2.77. The normalized spacial score (nSPS) is 15.9. The molecule has 1 amide bonds. The van der Waals surface area contributed by atoms with Crippen molar-refractivity contribution in [1.29, 1.82) is 0 Å². The van der Waals surface area contributed by atoms with E-state index in [1.54, 1.807) is 11.8 Å². The Morgan fingerprint density at radius 1 is 1.39 bits per heavy atom. The van der Waals surface area contributed by atoms with Gasteiger partial charge in [-0.05, 0) is 33.9 Å². The monoisotopic (exact) mass is 323 g/mol. The maximum atomic E-state index is 11.8. The SMILES string of the molecule is CCOC(=O)N1CCC(n2cc(O)c(=O)cc2CN(C)C)CC1. The molecule has 1 aromatic heterocycles. The molecule has 1 fully saturated rings. The van der Waals surface area contributed by atoms with Crippen molar-refractivity contribution in [3.8, 4) is 5.75 Å². The van der Waals surface area contributed by atoms with Gasteiger partial charge in [-0.2, -0.15) is 0 Å². The number of ether oxygens (including phenoxy) is 1. The number of hydrogen-bond donors (Lipinski definition) is 1. The van der Waals surface area contributed by atoms with E-state index in [4.69, 9.17) is 4.74 Å². The van der Waals surface area contributed by atoms with Gasteiger partial charge >= 0.3 is 6.09 Å². The van der Waals surface area contributed by atoms with Crippen LogP contribution < -0.4 is 5.43 Å². The number of pyridine rings is 1. The quantitative estimate of drug-likeness (QED) is 0.907. The second kappa shape index (κ2) is 7.50. The molecule has 7 heteroatoms. The van der Waals surface area contributed by atoms with Gasteiger partial charge in [-0.25, -0.2) is 4.79 Å². The molecule has 7 nitrogen and oxygen atoms in total. The minimum absolute atomic E-state index is 0.155. The number of piperidine rings is 1. The van der Waals surface area contributed by atoms with Crippen LogP contribution in [0, 0.1) is 0 Å². The third kappa shape index (κ3) is 4.25. The van der Waals surface area contributed by atoms with E-state index < -0.39 is 0 Å². The predicted molar refractivity (Wildman–Crippen MR) is 86.6 cm³/mol. The first-order chi connectivity index (χ1) is 10.9. The molecule has 1 aliphatic heterocycles. The van der Waals surface area contributed by atoms with Crippen LogP contribution in [-0.2, 0) is 11.3 Å². The first kappa shape index (κ1) is 17.3. The molecule has 2 rings (SSSR count). The van der Waals surface area contributed by atoms with Crippen LogP contribution in [0.15, 0.2) is 17.1 Å². The lowest BCUT2D eigenvalue weighted by Gasteiger charge is -2.34. The number of carbonyl (C=O) groups excluding carboxylic acids is 1. The van der Waals surface area contributed by atoms with Crippen LogP contribution >= 0.6 is 0 Å². The van der Waals surface area contributed by atoms with E-state index in [-0.39, 0.29) is 23.3 Å². The fourth-order valence-electron chi connectivity index (χ4n) is 2.91. The summed E-state index contributed by atoms with van der Waals surface area (Å²) in [4.78, 5) is 27.2. The molecule has 2 heterocycles. The van der Waals surface area contributed by atoms with Crippen LogP contribution in [0.2, 0.25) is 0 Å². The Hall–Kier alpha value is -2.02. The molecular weight excluding hydrogens is 298 g/mol. The van der Waals surface area contributed by atoms with Crippen LogP contribution in [0.5, 0.6) is 5.75 Å². The Morgan fingerprint density at radius 3 is 2.61 bits per heavy atom. The molecule has 1 aliphatic rings. The first-order valence-electron chi connectivity index (χ1n) is 7.92. The Kier molecular flexibility index (Phi) is 5.65. The summed E-state index contributed by atoms with van der Waals surface area (Å²) in [5, 5.41) is 9.77. The van der Waals surface area contributed by atoms with Gasteiger partial charge in [0.2, 0.25) is 5.43 Å². The molecule has 0 aliphatic carbocycles. The zero-order valence-corrected chi connectivity index (χ0v) is 14.0. The maximum Gasteiger partial charge on any atom is 0.409 e. The molecule has 0 atom stereocenters. The Bertz CT molecular complexity index is 604. The molecule has 0 bridgehead atoms. The third-order valence-electron chi connectivity index (χ3n) is 4.01. The summed E-state index contributed by atoms with van der Waals surface area (Å²) in [6.45, 7) is 4.00. The van der Waals surface area contributed by atoms with E-state index in [0.29, 0.717) is 26.2 Å². The van der Waals surface area contributed by atoms with Gasteiger partial charge in [-0.1, -0.05) is 0 Å². The topological polar surface area (TPSA) is 75.0 Å². The summed E-state index contributed by atoms with van der Waals surface area (Å²) in [7, 11) is 3.87. The van der Waals surface area contributed by atoms with Crippen molar-refractivity contribution in [2.45, 2.75) is 32.4 Å². The van der Waals surface area contributed by atoms with E-state index >= 15 is 0 Å². The summed E-state index contributed by atoms with van der Waals surface area (Å²) in [6, 6.07) is 1.65. The lowest BCUT2D eigenvalue weighted by atomic mass is 10.0. The molecule has 0 saturated carbocycles. The van der Waals surface area contributed by atoms with Gasteiger partial charge in [0, 0.05) is 37.4 Å². The van der Waals surface area contributed by atoms with Crippen molar-refractivity contribution >= 4 is 6.09 Å². The maximum absolute atomic E-state index is 11.8. The first-order valence-corrected chi connectivity index (χ1v) is 7.92. The average Bonchev–Trinajstić information content (AvgIpc) is 2.50. The highest BCUT2D eigenvalue weighted by atomic mass is 16.6. The highest BCUT2D eigenvalue weighted by Crippen LogP contribution is 2.25. The highest BCUT2D eigenvalue weighted by Gasteiger charge is 2.25. The van der Waals surface area contributed by atoms with Gasteiger partial charge in [-0.3, -0.25) is 4.79 Å². The Morgan fingerprint density at radius 2 is 2.04 bits per heavy atom. The summed E-state index contributed by atoms with van der Waals surface area (Å²) in [5.41, 5.74) is 0.509. The van der Waals surface area contributed by atoms with Crippen molar-refractivity contribution in [3.63, 3.8) is 0 Å². The van der Waals surface area contributed by atoms with E-state index in [1.165, 1.54) is 12.3 Å². The zero-order valence-electron chi connectivity index (χ0n) is 14.0. The van der Waals surface area contributed by atoms with Crippen molar-refractivity contribution < 1.29 is 14.6 Å². The fraction of sp³-hybridized carbons (Fsp3) is 0.625. The molecule has 1 saturated heterocycles. The lowest BCUT2D eigenvalue weighted by Crippen LogP contribution is -2.40. The summed E-state index contributed by atoms with van der Waals surface area (Å²) >= 11 is 0. The van der Waals surface area contributed by atoms with Crippen LogP contribution in [0.25, 0.3) is 0 Å². The number of rotatable bonds is 4. The van der Waals surface area contributed by atoms with Crippen molar-refractivity contribution in [1.82, 2.24) is 14.4 Å². The van der Waals surface area contributed by atoms with Gasteiger partial charge in [0.05, 0.1) is 12.8 Å². The number of amides is 1. The van der Waals surface area contributed by atoms with Crippen molar-refractivity contribution in [2.24, 2.45) is 0 Å². The minimum atomic E-state index is -0.359. The highest BCUT2D eigenvalue weighted by molar-refractivity contribution is 5.67. The molecular formula is C16H25N3O4. The number of carbonyl (C=O) groups is 1. The molecule has 1 aromatic rings. The van der Waals surface area contributed by atoms with Crippen molar-refractivity contribution in [3.05, 3.63) is 28.2 Å². The predicted octanol–water partition coefficient (Wildman–Crippen LogP) is 1.41. The largest absolute Gasteiger partial charge is 0.503 e. The number of aromatic hydroxyl groups is 1. The zero-order chi connectivity index (χ0) is 17.0. The van der Waals surface area contributed by atoms with E-state index in [1.807, 2.05) is 23.6 Å². The van der Waals surface area contributed by atoms with E-state index in [0.717, 1.165) is 18.5 Å². The Balaban J connectivity index is 2.15. The van der Waals surface area contributed by atoms with Gasteiger partial charge in [0.1, 0.15) is 0 Å². The number of nitrogens with zero attached hydrogens (tertiary/aromatic N) is 3. The number of hydrogen-bond acceptors (Lipinski definition) is 5. The number of aromatic nitrogens is 1. The molecule has 0 unspecified atom stereocenters.